The van der Waals surface area contributed by atoms with Crippen molar-refractivity contribution in [2.75, 3.05) is 16.8 Å². The number of benzene rings is 2. The average Bonchev–Trinajstić information content (AvgIpc) is 2.69. The van der Waals surface area contributed by atoms with Gasteiger partial charge < -0.3 is 10.2 Å². The fraction of sp³-hybridized carbons (Fsp3) is 0.143. The van der Waals surface area contributed by atoms with Crippen molar-refractivity contribution >= 4 is 23.0 Å². The molecule has 3 aromatic rings. The monoisotopic (exact) mass is 385 g/mol. The van der Waals surface area contributed by atoms with Crippen LogP contribution < -0.4 is 10.2 Å². The Kier molecular flexibility index (Phi) is 5.63. The number of amides is 1. The van der Waals surface area contributed by atoms with Crippen LogP contribution in [0.5, 0.6) is 0 Å². The van der Waals surface area contributed by atoms with Crippen LogP contribution in [0.4, 0.5) is 30.2 Å². The van der Waals surface area contributed by atoms with Crippen molar-refractivity contribution in [3.8, 4) is 0 Å². The maximum atomic E-state index is 13.1. The van der Waals surface area contributed by atoms with Gasteiger partial charge >= 0.3 is 6.18 Å². The fourth-order valence-corrected chi connectivity index (χ4v) is 2.86. The molecule has 1 N–H and O–H groups in total. The first-order valence-corrected chi connectivity index (χ1v) is 8.65. The topological polar surface area (TPSA) is 45.2 Å². The van der Waals surface area contributed by atoms with Gasteiger partial charge in [-0.2, -0.15) is 13.2 Å². The fourth-order valence-electron chi connectivity index (χ4n) is 2.86. The molecule has 1 amide bonds. The summed E-state index contributed by atoms with van der Waals surface area (Å²) in [5, 5.41) is 2.34. The smallest absolute Gasteiger partial charge is 0.340 e. The SMILES string of the molecule is CCN(c1ccccc1)c1cncc(C(=O)Nc2ccccc2C(F)(F)F)c1. The van der Waals surface area contributed by atoms with E-state index in [0.717, 1.165) is 11.8 Å². The van der Waals surface area contributed by atoms with Gasteiger partial charge in [0.1, 0.15) is 0 Å². The van der Waals surface area contributed by atoms with Crippen molar-refractivity contribution in [2.45, 2.75) is 13.1 Å². The third-order valence-corrected chi connectivity index (χ3v) is 4.16. The Hall–Kier alpha value is -3.35. The second-order valence-electron chi connectivity index (χ2n) is 6.01. The number of nitrogens with one attached hydrogen (secondary N) is 1. The second-order valence-corrected chi connectivity index (χ2v) is 6.01. The molecule has 28 heavy (non-hydrogen) atoms. The number of carbonyl (C=O) groups is 1. The van der Waals surface area contributed by atoms with Crippen LogP contribution >= 0.6 is 0 Å². The van der Waals surface area contributed by atoms with E-state index in [0.29, 0.717) is 12.2 Å². The molecule has 0 saturated heterocycles. The first kappa shape index (κ1) is 19.4. The highest BCUT2D eigenvalue weighted by Crippen LogP contribution is 2.34. The number of halogens is 3. The lowest BCUT2D eigenvalue weighted by molar-refractivity contribution is -0.136. The van der Waals surface area contributed by atoms with Gasteiger partial charge in [0, 0.05) is 18.4 Å². The van der Waals surface area contributed by atoms with Gasteiger partial charge in [0.25, 0.3) is 5.91 Å². The second kappa shape index (κ2) is 8.12. The number of nitrogens with zero attached hydrogens (tertiary/aromatic N) is 2. The Balaban J connectivity index is 1.88. The Morgan fingerprint density at radius 2 is 1.68 bits per heavy atom. The summed E-state index contributed by atoms with van der Waals surface area (Å²) in [6, 6.07) is 16.0. The molecule has 0 radical (unpaired) electrons. The summed E-state index contributed by atoms with van der Waals surface area (Å²) in [6.45, 7) is 2.59. The van der Waals surface area contributed by atoms with Gasteiger partial charge in [0.05, 0.1) is 28.7 Å². The summed E-state index contributed by atoms with van der Waals surface area (Å²) < 4.78 is 39.4. The summed E-state index contributed by atoms with van der Waals surface area (Å²) in [5.41, 5.74) is 0.578. The molecule has 4 nitrogen and oxygen atoms in total. The van der Waals surface area contributed by atoms with E-state index in [1.807, 2.05) is 42.2 Å². The van der Waals surface area contributed by atoms with E-state index in [1.54, 1.807) is 12.3 Å². The van der Waals surface area contributed by atoms with E-state index < -0.39 is 17.6 Å². The molecule has 1 aromatic heterocycles. The van der Waals surface area contributed by atoms with Crippen molar-refractivity contribution in [3.05, 3.63) is 84.2 Å². The van der Waals surface area contributed by atoms with Crippen LogP contribution in [-0.2, 0) is 6.18 Å². The van der Waals surface area contributed by atoms with Gasteiger partial charge in [-0.05, 0) is 37.3 Å². The third-order valence-electron chi connectivity index (χ3n) is 4.16. The largest absolute Gasteiger partial charge is 0.418 e. The predicted octanol–water partition coefficient (Wildman–Crippen LogP) is 5.51. The first-order valence-electron chi connectivity index (χ1n) is 8.65. The quantitative estimate of drug-likeness (QED) is 0.630. The Labute approximate surface area is 160 Å². The molecular formula is C21H18F3N3O. The Morgan fingerprint density at radius 1 is 1.00 bits per heavy atom. The van der Waals surface area contributed by atoms with E-state index in [2.05, 4.69) is 10.3 Å². The summed E-state index contributed by atoms with van der Waals surface area (Å²) in [7, 11) is 0. The lowest BCUT2D eigenvalue weighted by Crippen LogP contribution is -2.19. The number of aromatic nitrogens is 1. The van der Waals surface area contributed by atoms with Crippen molar-refractivity contribution in [3.63, 3.8) is 0 Å². The lowest BCUT2D eigenvalue weighted by atomic mass is 10.1. The molecule has 0 atom stereocenters. The maximum Gasteiger partial charge on any atom is 0.418 e. The minimum absolute atomic E-state index is 0.170. The number of hydrogen-bond donors (Lipinski definition) is 1. The summed E-state index contributed by atoms with van der Waals surface area (Å²) in [5.74, 6) is -0.657. The molecule has 0 spiro atoms. The summed E-state index contributed by atoms with van der Waals surface area (Å²) in [4.78, 5) is 18.6. The zero-order valence-electron chi connectivity index (χ0n) is 15.1. The van der Waals surface area contributed by atoms with Gasteiger partial charge in [-0.3, -0.25) is 9.78 Å². The minimum atomic E-state index is -4.56. The van der Waals surface area contributed by atoms with Crippen LogP contribution in [0, 0.1) is 0 Å². The van der Waals surface area contributed by atoms with Gasteiger partial charge in [0.15, 0.2) is 0 Å². The molecule has 0 saturated carbocycles. The van der Waals surface area contributed by atoms with Crippen LogP contribution in [0.25, 0.3) is 0 Å². The molecule has 0 fully saturated rings. The van der Waals surface area contributed by atoms with Gasteiger partial charge in [-0.15, -0.1) is 0 Å². The molecular weight excluding hydrogens is 367 g/mol. The number of rotatable bonds is 5. The molecule has 144 valence electrons. The van der Waals surface area contributed by atoms with Crippen LogP contribution in [0.1, 0.15) is 22.8 Å². The highest BCUT2D eigenvalue weighted by Gasteiger charge is 2.33. The molecule has 0 aliphatic rings. The average molecular weight is 385 g/mol. The highest BCUT2D eigenvalue weighted by atomic mass is 19.4. The first-order chi connectivity index (χ1) is 13.4. The zero-order chi connectivity index (χ0) is 20.1. The number of para-hydroxylation sites is 2. The third kappa shape index (κ3) is 4.31. The zero-order valence-corrected chi connectivity index (χ0v) is 15.1. The number of anilines is 3. The molecule has 1 heterocycles. The molecule has 0 aliphatic heterocycles. The van der Waals surface area contributed by atoms with Gasteiger partial charge in [0.2, 0.25) is 0 Å². The van der Waals surface area contributed by atoms with Gasteiger partial charge in [-0.1, -0.05) is 30.3 Å². The van der Waals surface area contributed by atoms with Crippen molar-refractivity contribution in [1.82, 2.24) is 4.98 Å². The van der Waals surface area contributed by atoms with E-state index in [1.165, 1.54) is 24.4 Å². The van der Waals surface area contributed by atoms with Gasteiger partial charge in [-0.25, -0.2) is 0 Å². The van der Waals surface area contributed by atoms with Crippen LogP contribution in [0.2, 0.25) is 0 Å². The number of carbonyl (C=O) groups excluding carboxylic acids is 1. The van der Waals surface area contributed by atoms with Crippen LogP contribution in [-0.4, -0.2) is 17.4 Å². The highest BCUT2D eigenvalue weighted by molar-refractivity contribution is 6.05. The van der Waals surface area contributed by atoms with E-state index in [4.69, 9.17) is 0 Å². The standard InChI is InChI=1S/C21H18F3N3O/c1-2-27(16-8-4-3-5-9-16)17-12-15(13-25-14-17)20(28)26-19-11-7-6-10-18(19)21(22,23)24/h3-14H,2H2,1H3,(H,26,28). The van der Waals surface area contributed by atoms with E-state index in [9.17, 15) is 18.0 Å². The Bertz CT molecular complexity index is 958. The molecule has 2 aromatic carbocycles. The predicted molar refractivity (Wildman–Crippen MR) is 103 cm³/mol. The summed E-state index contributed by atoms with van der Waals surface area (Å²) >= 11 is 0. The molecule has 3 rings (SSSR count). The Morgan fingerprint density at radius 3 is 2.36 bits per heavy atom. The van der Waals surface area contributed by atoms with Crippen LogP contribution in [0.15, 0.2) is 73.1 Å². The van der Waals surface area contributed by atoms with Crippen molar-refractivity contribution < 1.29 is 18.0 Å². The number of pyridine rings is 1. The molecule has 0 unspecified atom stereocenters. The number of alkyl halides is 3. The van der Waals surface area contributed by atoms with E-state index in [-0.39, 0.29) is 11.3 Å². The van der Waals surface area contributed by atoms with Crippen LogP contribution in [0.3, 0.4) is 0 Å². The molecule has 7 heteroatoms. The normalized spacial score (nSPS) is 11.1. The molecule has 0 aliphatic carbocycles. The van der Waals surface area contributed by atoms with Crippen molar-refractivity contribution in [2.24, 2.45) is 0 Å². The minimum Gasteiger partial charge on any atom is -0.340 e. The molecule has 0 bridgehead atoms. The number of hydrogen-bond acceptors (Lipinski definition) is 3. The van der Waals surface area contributed by atoms with Crippen molar-refractivity contribution in [1.29, 1.82) is 0 Å². The maximum absolute atomic E-state index is 13.1. The van der Waals surface area contributed by atoms with E-state index >= 15 is 0 Å². The lowest BCUT2D eigenvalue weighted by Gasteiger charge is -2.23. The summed E-state index contributed by atoms with van der Waals surface area (Å²) in [6.07, 6.45) is -1.62.